The van der Waals surface area contributed by atoms with Gasteiger partial charge < -0.3 is 4.57 Å². The normalized spacial score (nSPS) is 11.6. The first kappa shape index (κ1) is 15.4. The minimum Gasteiger partial charge on any atom is -0.303 e. The van der Waals surface area contributed by atoms with Crippen molar-refractivity contribution in [3.8, 4) is 0 Å². The molecule has 0 fully saturated rings. The SMILES string of the molecule is CC(C)c1nnc(SCc2ccccc2Cl)n1C(C)C. The maximum Gasteiger partial charge on any atom is 0.191 e. The van der Waals surface area contributed by atoms with E-state index < -0.39 is 0 Å². The van der Waals surface area contributed by atoms with Gasteiger partial charge in [-0.25, -0.2) is 0 Å². The topological polar surface area (TPSA) is 30.7 Å². The fraction of sp³-hybridized carbons (Fsp3) is 0.467. The van der Waals surface area contributed by atoms with E-state index in [1.807, 2.05) is 18.2 Å². The van der Waals surface area contributed by atoms with Gasteiger partial charge in [-0.1, -0.05) is 55.4 Å². The average molecular weight is 310 g/mol. The molecule has 0 aliphatic rings. The van der Waals surface area contributed by atoms with Gasteiger partial charge in [0.15, 0.2) is 5.16 Å². The van der Waals surface area contributed by atoms with Gasteiger partial charge in [-0.3, -0.25) is 0 Å². The van der Waals surface area contributed by atoms with Crippen LogP contribution >= 0.6 is 23.4 Å². The Labute approximate surface area is 129 Å². The summed E-state index contributed by atoms with van der Waals surface area (Å²) in [5.41, 5.74) is 1.13. The Balaban J connectivity index is 2.20. The first-order valence-corrected chi connectivity index (χ1v) is 8.18. The first-order chi connectivity index (χ1) is 9.50. The number of benzene rings is 1. The molecule has 1 aromatic carbocycles. The monoisotopic (exact) mass is 309 g/mol. The van der Waals surface area contributed by atoms with Gasteiger partial charge in [-0.05, 0) is 25.5 Å². The summed E-state index contributed by atoms with van der Waals surface area (Å²) in [5, 5.41) is 10.4. The molecule has 0 bridgehead atoms. The third-order valence-electron chi connectivity index (χ3n) is 3.04. The number of hydrogen-bond acceptors (Lipinski definition) is 3. The summed E-state index contributed by atoms with van der Waals surface area (Å²) in [6.07, 6.45) is 0. The molecule has 3 nitrogen and oxygen atoms in total. The van der Waals surface area contributed by atoms with E-state index in [9.17, 15) is 0 Å². The molecule has 0 spiro atoms. The zero-order chi connectivity index (χ0) is 14.7. The van der Waals surface area contributed by atoms with E-state index >= 15 is 0 Å². The smallest absolute Gasteiger partial charge is 0.191 e. The van der Waals surface area contributed by atoms with E-state index in [0.717, 1.165) is 27.3 Å². The zero-order valence-corrected chi connectivity index (χ0v) is 13.9. The number of thioether (sulfide) groups is 1. The van der Waals surface area contributed by atoms with Crippen molar-refractivity contribution in [1.29, 1.82) is 0 Å². The van der Waals surface area contributed by atoms with E-state index in [1.165, 1.54) is 0 Å². The highest BCUT2D eigenvalue weighted by Gasteiger charge is 2.17. The molecule has 108 valence electrons. The van der Waals surface area contributed by atoms with Gasteiger partial charge in [0.25, 0.3) is 0 Å². The van der Waals surface area contributed by atoms with Crippen molar-refractivity contribution in [2.45, 2.75) is 50.6 Å². The van der Waals surface area contributed by atoms with Crippen LogP contribution in [0.5, 0.6) is 0 Å². The minimum atomic E-state index is 0.358. The van der Waals surface area contributed by atoms with Gasteiger partial charge >= 0.3 is 0 Å². The summed E-state index contributed by atoms with van der Waals surface area (Å²) >= 11 is 7.88. The van der Waals surface area contributed by atoms with Crippen molar-refractivity contribution in [3.63, 3.8) is 0 Å². The van der Waals surface area contributed by atoms with E-state index in [4.69, 9.17) is 11.6 Å². The summed E-state index contributed by atoms with van der Waals surface area (Å²) in [4.78, 5) is 0. The Hall–Kier alpha value is -1.00. The Bertz CT molecular complexity index is 578. The van der Waals surface area contributed by atoms with Crippen LogP contribution in [-0.2, 0) is 5.75 Å². The van der Waals surface area contributed by atoms with Crippen molar-refractivity contribution in [1.82, 2.24) is 14.8 Å². The van der Waals surface area contributed by atoms with E-state index in [-0.39, 0.29) is 0 Å². The molecule has 1 aromatic heterocycles. The number of nitrogens with zero attached hydrogens (tertiary/aromatic N) is 3. The molecular weight excluding hydrogens is 290 g/mol. The van der Waals surface area contributed by atoms with E-state index in [2.05, 4.69) is 48.5 Å². The van der Waals surface area contributed by atoms with Crippen molar-refractivity contribution in [2.24, 2.45) is 0 Å². The lowest BCUT2D eigenvalue weighted by Gasteiger charge is -2.15. The molecule has 5 heteroatoms. The molecule has 0 amide bonds. The Morgan fingerprint density at radius 1 is 1.15 bits per heavy atom. The van der Waals surface area contributed by atoms with Gasteiger partial charge in [-0.2, -0.15) is 0 Å². The largest absolute Gasteiger partial charge is 0.303 e. The Kier molecular flexibility index (Phi) is 5.11. The Morgan fingerprint density at radius 3 is 2.45 bits per heavy atom. The van der Waals surface area contributed by atoms with Gasteiger partial charge in [0, 0.05) is 22.7 Å². The van der Waals surface area contributed by atoms with Crippen molar-refractivity contribution in [2.75, 3.05) is 0 Å². The number of halogens is 1. The van der Waals surface area contributed by atoms with Crippen LogP contribution in [0.1, 0.15) is 51.0 Å². The summed E-state index contributed by atoms with van der Waals surface area (Å²) < 4.78 is 2.21. The van der Waals surface area contributed by atoms with Gasteiger partial charge in [-0.15, -0.1) is 10.2 Å². The first-order valence-electron chi connectivity index (χ1n) is 6.81. The number of rotatable bonds is 5. The predicted octanol–water partition coefficient (Wildman–Crippen LogP) is 4.93. The van der Waals surface area contributed by atoms with Crippen molar-refractivity contribution < 1.29 is 0 Å². The fourth-order valence-corrected chi connectivity index (χ4v) is 3.38. The molecule has 0 aliphatic carbocycles. The van der Waals surface area contributed by atoms with Crippen LogP contribution in [0.2, 0.25) is 5.02 Å². The maximum absolute atomic E-state index is 6.19. The number of hydrogen-bond donors (Lipinski definition) is 0. The molecule has 0 unspecified atom stereocenters. The van der Waals surface area contributed by atoms with Crippen molar-refractivity contribution in [3.05, 3.63) is 40.7 Å². The summed E-state index contributed by atoms with van der Waals surface area (Å²) in [5.74, 6) is 2.23. The molecule has 2 rings (SSSR count). The molecule has 0 atom stereocenters. The van der Waals surface area contributed by atoms with Crippen LogP contribution in [0.15, 0.2) is 29.4 Å². The lowest BCUT2D eigenvalue weighted by atomic mass is 10.2. The third kappa shape index (κ3) is 3.36. The predicted molar refractivity (Wildman–Crippen MR) is 85.5 cm³/mol. The van der Waals surface area contributed by atoms with Crippen molar-refractivity contribution >= 4 is 23.4 Å². The van der Waals surface area contributed by atoms with Crippen LogP contribution < -0.4 is 0 Å². The van der Waals surface area contributed by atoms with E-state index in [1.54, 1.807) is 11.8 Å². The quantitative estimate of drug-likeness (QED) is 0.734. The average Bonchev–Trinajstić information content (AvgIpc) is 2.82. The third-order valence-corrected chi connectivity index (χ3v) is 4.40. The maximum atomic E-state index is 6.19. The standard InChI is InChI=1S/C15H20ClN3S/c1-10(2)14-17-18-15(19(14)11(3)4)20-9-12-7-5-6-8-13(12)16/h5-8,10-11H,9H2,1-4H3. The molecule has 0 aliphatic heterocycles. The summed E-state index contributed by atoms with van der Waals surface area (Å²) in [6.45, 7) is 8.61. The fourth-order valence-electron chi connectivity index (χ4n) is 2.02. The second-order valence-electron chi connectivity index (χ2n) is 5.34. The van der Waals surface area contributed by atoms with Crippen LogP contribution in [0.25, 0.3) is 0 Å². The highest BCUT2D eigenvalue weighted by molar-refractivity contribution is 7.98. The van der Waals surface area contributed by atoms with E-state index in [0.29, 0.717) is 12.0 Å². The molecule has 0 saturated carbocycles. The van der Waals surface area contributed by atoms with Gasteiger partial charge in [0.1, 0.15) is 5.82 Å². The van der Waals surface area contributed by atoms with Crippen LogP contribution in [0.4, 0.5) is 0 Å². The number of aromatic nitrogens is 3. The van der Waals surface area contributed by atoms with Crippen LogP contribution in [-0.4, -0.2) is 14.8 Å². The zero-order valence-electron chi connectivity index (χ0n) is 12.3. The second kappa shape index (κ2) is 6.64. The molecule has 2 aromatic rings. The molecule has 20 heavy (non-hydrogen) atoms. The van der Waals surface area contributed by atoms with Crippen LogP contribution in [0, 0.1) is 0 Å². The molecule has 0 saturated heterocycles. The molecule has 0 N–H and O–H groups in total. The molecular formula is C15H20ClN3S. The molecule has 1 heterocycles. The van der Waals surface area contributed by atoms with Gasteiger partial charge in [0.2, 0.25) is 0 Å². The second-order valence-corrected chi connectivity index (χ2v) is 6.69. The summed E-state index contributed by atoms with van der Waals surface area (Å²) in [6, 6.07) is 8.29. The molecule has 0 radical (unpaired) electrons. The minimum absolute atomic E-state index is 0.358. The van der Waals surface area contributed by atoms with Crippen LogP contribution in [0.3, 0.4) is 0 Å². The highest BCUT2D eigenvalue weighted by Crippen LogP contribution is 2.29. The Morgan fingerprint density at radius 2 is 1.85 bits per heavy atom. The highest BCUT2D eigenvalue weighted by atomic mass is 35.5. The lowest BCUT2D eigenvalue weighted by molar-refractivity contribution is 0.512. The summed E-state index contributed by atoms with van der Waals surface area (Å²) in [7, 11) is 0. The van der Waals surface area contributed by atoms with Gasteiger partial charge in [0.05, 0.1) is 0 Å². The lowest BCUT2D eigenvalue weighted by Crippen LogP contribution is -2.09.